The largest absolute Gasteiger partial charge is 0.481 e. The average Bonchev–Trinajstić information content (AvgIpc) is 2.03. The molecule has 0 heterocycles. The maximum atomic E-state index is 11.3. The molecule has 0 aromatic carbocycles. The lowest BCUT2D eigenvalue weighted by Gasteiger charge is -2.18. The Bertz CT molecular complexity index is 253. The Morgan fingerprint density at radius 2 is 2.31 bits per heavy atom. The summed E-state index contributed by atoms with van der Waals surface area (Å²) < 4.78 is 0. The lowest BCUT2D eigenvalue weighted by molar-refractivity contribution is -0.141. The van der Waals surface area contributed by atoms with E-state index in [1.54, 1.807) is 0 Å². The van der Waals surface area contributed by atoms with E-state index in [1.165, 1.54) is 5.57 Å². The number of hydrogen-bond donors (Lipinski definition) is 1. The fourth-order valence-electron chi connectivity index (χ4n) is 1.67. The SMILES string of the molecule is CC1=CCCC(C(=O)CC(=O)O)C1. The molecule has 3 heteroatoms. The van der Waals surface area contributed by atoms with Crippen LogP contribution in [0.5, 0.6) is 0 Å². The summed E-state index contributed by atoms with van der Waals surface area (Å²) in [5.74, 6) is -1.20. The third-order valence-electron chi connectivity index (χ3n) is 2.36. The van der Waals surface area contributed by atoms with Gasteiger partial charge in [-0.25, -0.2) is 0 Å². The van der Waals surface area contributed by atoms with Crippen molar-refractivity contribution in [1.82, 2.24) is 0 Å². The summed E-state index contributed by atoms with van der Waals surface area (Å²) in [6, 6.07) is 0. The first-order valence-corrected chi connectivity index (χ1v) is 4.49. The molecule has 13 heavy (non-hydrogen) atoms. The molecule has 0 saturated carbocycles. The van der Waals surface area contributed by atoms with Gasteiger partial charge in [-0.1, -0.05) is 11.6 Å². The lowest BCUT2D eigenvalue weighted by atomic mass is 9.85. The van der Waals surface area contributed by atoms with Crippen LogP contribution in [0.4, 0.5) is 0 Å². The molecule has 72 valence electrons. The van der Waals surface area contributed by atoms with E-state index in [9.17, 15) is 9.59 Å². The van der Waals surface area contributed by atoms with Crippen LogP contribution in [0.15, 0.2) is 11.6 Å². The monoisotopic (exact) mass is 182 g/mol. The number of rotatable bonds is 3. The molecule has 1 atom stereocenters. The highest BCUT2D eigenvalue weighted by Gasteiger charge is 2.22. The van der Waals surface area contributed by atoms with E-state index in [4.69, 9.17) is 5.11 Å². The number of carboxylic acids is 1. The maximum absolute atomic E-state index is 11.3. The topological polar surface area (TPSA) is 54.4 Å². The standard InChI is InChI=1S/C10H14O3/c1-7-3-2-4-8(5-7)9(11)6-10(12)13/h3,8H,2,4-6H2,1H3,(H,12,13). The Morgan fingerprint density at radius 1 is 1.62 bits per heavy atom. The third-order valence-corrected chi connectivity index (χ3v) is 2.36. The number of Topliss-reactive ketones (excluding diaryl/α,β-unsaturated/α-hetero) is 1. The van der Waals surface area contributed by atoms with Crippen LogP contribution >= 0.6 is 0 Å². The Balaban J connectivity index is 2.49. The zero-order valence-electron chi connectivity index (χ0n) is 7.75. The van der Waals surface area contributed by atoms with Crippen molar-refractivity contribution in [2.75, 3.05) is 0 Å². The smallest absolute Gasteiger partial charge is 0.310 e. The molecule has 0 saturated heterocycles. The van der Waals surface area contributed by atoms with E-state index >= 15 is 0 Å². The van der Waals surface area contributed by atoms with Crippen LogP contribution in [-0.4, -0.2) is 16.9 Å². The van der Waals surface area contributed by atoms with Crippen molar-refractivity contribution in [3.8, 4) is 0 Å². The Kier molecular flexibility index (Phi) is 3.23. The molecule has 0 radical (unpaired) electrons. The van der Waals surface area contributed by atoms with E-state index in [1.807, 2.05) is 6.92 Å². The summed E-state index contributed by atoms with van der Waals surface area (Å²) in [6.45, 7) is 1.99. The summed E-state index contributed by atoms with van der Waals surface area (Å²) in [4.78, 5) is 21.6. The first-order chi connectivity index (χ1) is 6.09. The molecule has 3 nitrogen and oxygen atoms in total. The molecule has 0 aromatic rings. The number of carbonyl (C=O) groups excluding carboxylic acids is 1. The second-order valence-corrected chi connectivity index (χ2v) is 3.57. The molecular formula is C10H14O3. The molecule has 0 amide bonds. The van der Waals surface area contributed by atoms with Crippen LogP contribution in [0.2, 0.25) is 0 Å². The number of allylic oxidation sites excluding steroid dienone is 2. The van der Waals surface area contributed by atoms with Gasteiger partial charge >= 0.3 is 5.97 Å². The van der Waals surface area contributed by atoms with Crippen molar-refractivity contribution in [2.24, 2.45) is 5.92 Å². The summed E-state index contributed by atoms with van der Waals surface area (Å²) in [5, 5.41) is 8.44. The first-order valence-electron chi connectivity index (χ1n) is 4.49. The molecule has 0 aromatic heterocycles. The minimum atomic E-state index is -1.02. The molecular weight excluding hydrogens is 168 g/mol. The van der Waals surface area contributed by atoms with Gasteiger partial charge in [0.25, 0.3) is 0 Å². The minimum absolute atomic E-state index is 0.0545. The summed E-state index contributed by atoms with van der Waals surface area (Å²) in [7, 11) is 0. The highest BCUT2D eigenvalue weighted by atomic mass is 16.4. The maximum Gasteiger partial charge on any atom is 0.310 e. The van der Waals surface area contributed by atoms with E-state index in [-0.39, 0.29) is 18.1 Å². The van der Waals surface area contributed by atoms with Crippen molar-refractivity contribution in [3.05, 3.63) is 11.6 Å². The van der Waals surface area contributed by atoms with Crippen LogP contribution in [-0.2, 0) is 9.59 Å². The fraction of sp³-hybridized carbons (Fsp3) is 0.600. The zero-order chi connectivity index (χ0) is 9.84. The summed E-state index contributed by atoms with van der Waals surface area (Å²) in [5.41, 5.74) is 1.20. The highest BCUT2D eigenvalue weighted by Crippen LogP contribution is 2.25. The van der Waals surface area contributed by atoms with Gasteiger partial charge in [0.15, 0.2) is 0 Å². The van der Waals surface area contributed by atoms with Gasteiger partial charge in [-0.15, -0.1) is 0 Å². The fourth-order valence-corrected chi connectivity index (χ4v) is 1.67. The second-order valence-electron chi connectivity index (χ2n) is 3.57. The van der Waals surface area contributed by atoms with Crippen molar-refractivity contribution in [2.45, 2.75) is 32.6 Å². The predicted octanol–water partition coefficient (Wildman–Crippen LogP) is 1.78. The number of hydrogen-bond acceptors (Lipinski definition) is 2. The van der Waals surface area contributed by atoms with Gasteiger partial charge in [0.2, 0.25) is 0 Å². The summed E-state index contributed by atoms with van der Waals surface area (Å²) >= 11 is 0. The van der Waals surface area contributed by atoms with E-state index in [2.05, 4.69) is 6.08 Å². The number of ketones is 1. The first kappa shape index (κ1) is 9.96. The van der Waals surface area contributed by atoms with Gasteiger partial charge in [-0.2, -0.15) is 0 Å². The van der Waals surface area contributed by atoms with Gasteiger partial charge in [0.1, 0.15) is 12.2 Å². The highest BCUT2D eigenvalue weighted by molar-refractivity contribution is 5.96. The molecule has 1 aliphatic carbocycles. The molecule has 0 aliphatic heterocycles. The zero-order valence-corrected chi connectivity index (χ0v) is 7.75. The molecule has 0 bridgehead atoms. The van der Waals surface area contributed by atoms with Crippen LogP contribution in [0.1, 0.15) is 32.6 Å². The molecule has 0 spiro atoms. The quantitative estimate of drug-likeness (QED) is 0.534. The van der Waals surface area contributed by atoms with Gasteiger partial charge in [-0.05, 0) is 26.2 Å². The third kappa shape index (κ3) is 3.01. The van der Waals surface area contributed by atoms with Crippen molar-refractivity contribution < 1.29 is 14.7 Å². The van der Waals surface area contributed by atoms with Gasteiger partial charge in [0.05, 0.1) is 0 Å². The van der Waals surface area contributed by atoms with Gasteiger partial charge in [0, 0.05) is 5.92 Å². The van der Waals surface area contributed by atoms with Crippen LogP contribution < -0.4 is 0 Å². The predicted molar refractivity (Wildman–Crippen MR) is 48.4 cm³/mol. The van der Waals surface area contributed by atoms with Crippen LogP contribution in [0.3, 0.4) is 0 Å². The van der Waals surface area contributed by atoms with Gasteiger partial charge in [-0.3, -0.25) is 9.59 Å². The Hall–Kier alpha value is -1.12. The lowest BCUT2D eigenvalue weighted by Crippen LogP contribution is -2.20. The summed E-state index contributed by atoms with van der Waals surface area (Å²) in [6.07, 6.45) is 4.25. The molecule has 1 aliphatic rings. The van der Waals surface area contributed by atoms with E-state index in [0.717, 1.165) is 19.3 Å². The molecule has 1 N–H and O–H groups in total. The Morgan fingerprint density at radius 3 is 2.85 bits per heavy atom. The molecule has 1 unspecified atom stereocenters. The number of carbonyl (C=O) groups is 2. The number of carboxylic acid groups (broad SMARTS) is 1. The minimum Gasteiger partial charge on any atom is -0.481 e. The number of aliphatic carboxylic acids is 1. The second kappa shape index (κ2) is 4.21. The Labute approximate surface area is 77.4 Å². The average molecular weight is 182 g/mol. The van der Waals surface area contributed by atoms with Crippen LogP contribution in [0.25, 0.3) is 0 Å². The molecule has 0 fully saturated rings. The van der Waals surface area contributed by atoms with E-state index < -0.39 is 5.97 Å². The van der Waals surface area contributed by atoms with Gasteiger partial charge < -0.3 is 5.11 Å². The molecule has 1 rings (SSSR count). The van der Waals surface area contributed by atoms with E-state index in [0.29, 0.717) is 0 Å². The van der Waals surface area contributed by atoms with Crippen molar-refractivity contribution in [1.29, 1.82) is 0 Å². The normalized spacial score (nSPS) is 22.2. The van der Waals surface area contributed by atoms with Crippen molar-refractivity contribution >= 4 is 11.8 Å². The van der Waals surface area contributed by atoms with Crippen molar-refractivity contribution in [3.63, 3.8) is 0 Å². The van der Waals surface area contributed by atoms with Crippen LogP contribution in [0, 0.1) is 5.92 Å².